The zero-order valence-electron chi connectivity index (χ0n) is 7.90. The average Bonchev–Trinajstić information content (AvgIpc) is 2.26. The minimum atomic E-state index is 0.793. The molecule has 1 heteroatoms. The van der Waals surface area contributed by atoms with Crippen molar-refractivity contribution in [3.8, 4) is 12.3 Å². The Morgan fingerprint density at radius 2 is 2.21 bits per heavy atom. The molecule has 68 valence electrons. The molecule has 0 aliphatic rings. The summed E-state index contributed by atoms with van der Waals surface area (Å²) in [7, 11) is 0. The number of aromatic nitrogens is 1. The molecule has 2 rings (SSSR count). The van der Waals surface area contributed by atoms with Crippen molar-refractivity contribution in [3.05, 3.63) is 42.2 Å². The lowest BCUT2D eigenvalue weighted by Crippen LogP contribution is -1.86. The SMILES string of the molecule is C#CCCc1cccc2cnccc12. The van der Waals surface area contributed by atoms with Gasteiger partial charge < -0.3 is 0 Å². The standard InChI is InChI=1S/C13H11N/c1-2-3-5-11-6-4-7-12-10-14-9-8-13(11)12/h1,4,6-10H,3,5H2. The Kier molecular flexibility index (Phi) is 2.46. The number of terminal acetylenes is 1. The lowest BCUT2D eigenvalue weighted by Gasteiger charge is -2.03. The van der Waals surface area contributed by atoms with Gasteiger partial charge in [-0.15, -0.1) is 12.3 Å². The molecule has 0 bridgehead atoms. The Morgan fingerprint density at radius 1 is 1.29 bits per heavy atom. The van der Waals surface area contributed by atoms with Crippen molar-refractivity contribution in [1.29, 1.82) is 0 Å². The molecule has 0 aliphatic heterocycles. The van der Waals surface area contributed by atoms with Crippen LogP contribution in [0.3, 0.4) is 0 Å². The van der Waals surface area contributed by atoms with Gasteiger partial charge in [0.2, 0.25) is 0 Å². The van der Waals surface area contributed by atoms with Gasteiger partial charge in [0.05, 0.1) is 0 Å². The first-order valence-electron chi connectivity index (χ1n) is 4.67. The quantitative estimate of drug-likeness (QED) is 0.649. The van der Waals surface area contributed by atoms with E-state index in [1.807, 2.05) is 18.5 Å². The van der Waals surface area contributed by atoms with Crippen LogP contribution >= 0.6 is 0 Å². The van der Waals surface area contributed by atoms with Crippen molar-refractivity contribution in [2.75, 3.05) is 0 Å². The molecule has 14 heavy (non-hydrogen) atoms. The summed E-state index contributed by atoms with van der Waals surface area (Å²) in [6.07, 6.45) is 10.7. The van der Waals surface area contributed by atoms with Crippen LogP contribution in [-0.4, -0.2) is 4.98 Å². The highest BCUT2D eigenvalue weighted by molar-refractivity contribution is 5.84. The Bertz CT molecular complexity index is 475. The maximum Gasteiger partial charge on any atom is 0.0346 e. The normalized spacial score (nSPS) is 9.93. The Hall–Kier alpha value is -1.81. The van der Waals surface area contributed by atoms with E-state index in [2.05, 4.69) is 29.1 Å². The molecule has 0 radical (unpaired) electrons. The van der Waals surface area contributed by atoms with E-state index in [9.17, 15) is 0 Å². The topological polar surface area (TPSA) is 12.9 Å². The van der Waals surface area contributed by atoms with Crippen LogP contribution in [0.1, 0.15) is 12.0 Å². The fraction of sp³-hybridized carbons (Fsp3) is 0.154. The molecule has 0 N–H and O–H groups in total. The van der Waals surface area contributed by atoms with Crippen molar-refractivity contribution >= 4 is 10.8 Å². The highest BCUT2D eigenvalue weighted by Gasteiger charge is 1.98. The van der Waals surface area contributed by atoms with Crippen LogP contribution in [-0.2, 0) is 6.42 Å². The van der Waals surface area contributed by atoms with E-state index in [4.69, 9.17) is 6.42 Å². The predicted octanol–water partition coefficient (Wildman–Crippen LogP) is 2.80. The van der Waals surface area contributed by atoms with Gasteiger partial charge in [-0.2, -0.15) is 0 Å². The van der Waals surface area contributed by atoms with E-state index in [1.165, 1.54) is 16.3 Å². The van der Waals surface area contributed by atoms with Crippen LogP contribution in [0.15, 0.2) is 36.7 Å². The van der Waals surface area contributed by atoms with Gasteiger partial charge in [0, 0.05) is 24.2 Å². The lowest BCUT2D eigenvalue weighted by atomic mass is 10.0. The first kappa shape index (κ1) is 8.77. The van der Waals surface area contributed by atoms with Crippen molar-refractivity contribution < 1.29 is 0 Å². The molecule has 1 aromatic carbocycles. The molecule has 0 unspecified atom stereocenters. The fourth-order valence-electron chi connectivity index (χ4n) is 1.61. The molecule has 0 amide bonds. The Morgan fingerprint density at radius 3 is 3.07 bits per heavy atom. The number of rotatable bonds is 2. The van der Waals surface area contributed by atoms with Gasteiger partial charge in [0.25, 0.3) is 0 Å². The fourth-order valence-corrected chi connectivity index (χ4v) is 1.61. The monoisotopic (exact) mass is 181 g/mol. The molecular weight excluding hydrogens is 170 g/mol. The number of nitrogens with zero attached hydrogens (tertiary/aromatic N) is 1. The van der Waals surface area contributed by atoms with Crippen molar-refractivity contribution in [2.24, 2.45) is 0 Å². The molecule has 0 saturated carbocycles. The predicted molar refractivity (Wildman–Crippen MR) is 58.9 cm³/mol. The third-order valence-corrected chi connectivity index (χ3v) is 2.31. The molecule has 1 heterocycles. The maximum atomic E-state index is 5.26. The molecule has 1 nitrogen and oxygen atoms in total. The largest absolute Gasteiger partial charge is 0.264 e. The first-order chi connectivity index (χ1) is 6.92. The van der Waals surface area contributed by atoms with Crippen LogP contribution in [0.25, 0.3) is 10.8 Å². The number of fused-ring (bicyclic) bond motifs is 1. The summed E-state index contributed by atoms with van der Waals surface area (Å²) in [5.74, 6) is 2.67. The highest BCUT2D eigenvalue weighted by Crippen LogP contribution is 2.18. The van der Waals surface area contributed by atoms with E-state index in [0.717, 1.165) is 12.8 Å². The summed E-state index contributed by atoms with van der Waals surface area (Å²) in [4.78, 5) is 4.09. The van der Waals surface area contributed by atoms with E-state index in [1.54, 1.807) is 0 Å². The maximum absolute atomic E-state index is 5.26. The summed E-state index contributed by atoms with van der Waals surface area (Å²) < 4.78 is 0. The smallest absolute Gasteiger partial charge is 0.0346 e. The van der Waals surface area contributed by atoms with Gasteiger partial charge in [-0.3, -0.25) is 4.98 Å². The van der Waals surface area contributed by atoms with Crippen LogP contribution in [0.4, 0.5) is 0 Å². The number of aryl methyl sites for hydroxylation is 1. The van der Waals surface area contributed by atoms with E-state index in [0.29, 0.717) is 0 Å². The van der Waals surface area contributed by atoms with Gasteiger partial charge in [-0.05, 0) is 23.4 Å². The summed E-state index contributed by atoms with van der Waals surface area (Å²) in [5, 5.41) is 2.44. The zero-order valence-corrected chi connectivity index (χ0v) is 7.90. The number of pyridine rings is 1. The number of hydrogen-bond donors (Lipinski definition) is 0. The minimum Gasteiger partial charge on any atom is -0.264 e. The summed E-state index contributed by atoms with van der Waals surface area (Å²) >= 11 is 0. The third-order valence-electron chi connectivity index (χ3n) is 2.31. The molecular formula is C13H11N. The van der Waals surface area contributed by atoms with Crippen molar-refractivity contribution in [1.82, 2.24) is 4.98 Å². The minimum absolute atomic E-state index is 0.793. The molecule has 1 aromatic heterocycles. The molecule has 0 fully saturated rings. The Balaban J connectivity index is 2.49. The summed E-state index contributed by atoms with van der Waals surface area (Å²) in [5.41, 5.74) is 1.31. The second-order valence-electron chi connectivity index (χ2n) is 3.22. The average molecular weight is 181 g/mol. The second kappa shape index (κ2) is 3.93. The van der Waals surface area contributed by atoms with Crippen molar-refractivity contribution in [2.45, 2.75) is 12.8 Å². The lowest BCUT2D eigenvalue weighted by molar-refractivity contribution is 1.04. The van der Waals surface area contributed by atoms with Gasteiger partial charge in [0.15, 0.2) is 0 Å². The van der Waals surface area contributed by atoms with Gasteiger partial charge in [-0.25, -0.2) is 0 Å². The molecule has 0 aliphatic carbocycles. The van der Waals surface area contributed by atoms with E-state index < -0.39 is 0 Å². The van der Waals surface area contributed by atoms with Gasteiger partial charge >= 0.3 is 0 Å². The molecule has 2 aromatic rings. The molecule has 0 atom stereocenters. The van der Waals surface area contributed by atoms with Crippen molar-refractivity contribution in [3.63, 3.8) is 0 Å². The van der Waals surface area contributed by atoms with Crippen LogP contribution in [0.5, 0.6) is 0 Å². The van der Waals surface area contributed by atoms with Crippen LogP contribution in [0, 0.1) is 12.3 Å². The number of hydrogen-bond acceptors (Lipinski definition) is 1. The zero-order chi connectivity index (χ0) is 9.80. The summed E-state index contributed by atoms with van der Waals surface area (Å²) in [6.45, 7) is 0. The second-order valence-corrected chi connectivity index (χ2v) is 3.22. The van der Waals surface area contributed by atoms with Gasteiger partial charge in [0.1, 0.15) is 0 Å². The van der Waals surface area contributed by atoms with Crippen LogP contribution < -0.4 is 0 Å². The van der Waals surface area contributed by atoms with Crippen LogP contribution in [0.2, 0.25) is 0 Å². The van der Waals surface area contributed by atoms with E-state index in [-0.39, 0.29) is 0 Å². The molecule has 0 saturated heterocycles. The van der Waals surface area contributed by atoms with Gasteiger partial charge in [-0.1, -0.05) is 18.2 Å². The first-order valence-corrected chi connectivity index (χ1v) is 4.67. The number of benzene rings is 1. The highest BCUT2D eigenvalue weighted by atomic mass is 14.6. The Labute approximate surface area is 83.8 Å². The molecule has 0 spiro atoms. The summed E-state index contributed by atoms with van der Waals surface area (Å²) in [6, 6.07) is 8.29. The van der Waals surface area contributed by atoms with E-state index >= 15 is 0 Å². The third kappa shape index (κ3) is 1.60.